The van der Waals surface area contributed by atoms with Crippen LogP contribution in [-0.2, 0) is 17.6 Å². The summed E-state index contributed by atoms with van der Waals surface area (Å²) < 4.78 is 26.4. The van der Waals surface area contributed by atoms with Gasteiger partial charge in [-0.1, -0.05) is 18.2 Å². The third-order valence-electron chi connectivity index (χ3n) is 5.38. The summed E-state index contributed by atoms with van der Waals surface area (Å²) >= 11 is 0. The fraction of sp³-hybridized carbons (Fsp3) is 0.409. The molecular weight excluding hydrogens is 346 g/mol. The Morgan fingerprint density at radius 2 is 1.70 bits per heavy atom. The molecule has 2 aromatic carbocycles. The first-order valence-corrected chi connectivity index (χ1v) is 9.63. The zero-order valence-corrected chi connectivity index (χ0v) is 15.9. The van der Waals surface area contributed by atoms with Crippen LogP contribution >= 0.6 is 0 Å². The van der Waals surface area contributed by atoms with Crippen LogP contribution in [0.4, 0.5) is 8.78 Å². The molecule has 0 bridgehead atoms. The smallest absolute Gasteiger partial charge is 0.275 e. The van der Waals surface area contributed by atoms with Crippen molar-refractivity contribution in [2.45, 2.75) is 51.6 Å². The average molecular weight is 373 g/mol. The van der Waals surface area contributed by atoms with Crippen LogP contribution < -0.4 is 10.6 Å². The van der Waals surface area contributed by atoms with Crippen LogP contribution in [0.2, 0.25) is 0 Å². The molecule has 0 aliphatic heterocycles. The highest BCUT2D eigenvalue weighted by molar-refractivity contribution is 5.77. The molecule has 0 aromatic heterocycles. The molecule has 0 saturated heterocycles. The molecule has 0 unspecified atom stereocenters. The lowest BCUT2D eigenvalue weighted by Crippen LogP contribution is -2.87. The van der Waals surface area contributed by atoms with Gasteiger partial charge in [0.05, 0.1) is 6.04 Å². The van der Waals surface area contributed by atoms with E-state index >= 15 is 0 Å². The van der Waals surface area contributed by atoms with Crippen molar-refractivity contribution in [1.29, 1.82) is 0 Å². The van der Waals surface area contributed by atoms with Crippen molar-refractivity contribution in [3.8, 4) is 0 Å². The summed E-state index contributed by atoms with van der Waals surface area (Å²) in [6.45, 7) is 4.09. The third-order valence-corrected chi connectivity index (χ3v) is 5.38. The van der Waals surface area contributed by atoms with E-state index in [1.807, 2.05) is 19.2 Å². The normalized spacial score (nSPS) is 15.7. The lowest BCUT2D eigenvalue weighted by molar-refractivity contribution is -0.682. The van der Waals surface area contributed by atoms with Gasteiger partial charge in [-0.05, 0) is 74.4 Å². The zero-order valence-electron chi connectivity index (χ0n) is 15.9. The zero-order chi connectivity index (χ0) is 19.4. The van der Waals surface area contributed by atoms with Crippen LogP contribution in [0, 0.1) is 11.6 Å². The molecule has 1 aliphatic carbocycles. The number of aryl methyl sites for hydroxylation is 2. The van der Waals surface area contributed by atoms with Crippen molar-refractivity contribution in [2.24, 2.45) is 0 Å². The van der Waals surface area contributed by atoms with Gasteiger partial charge >= 0.3 is 0 Å². The molecule has 2 aromatic rings. The van der Waals surface area contributed by atoms with Crippen LogP contribution in [0.1, 0.15) is 61.0 Å². The number of hydrogen-bond donors (Lipinski definition) is 2. The topological polar surface area (TPSA) is 45.7 Å². The van der Waals surface area contributed by atoms with Crippen LogP contribution in [0.5, 0.6) is 0 Å². The molecule has 27 heavy (non-hydrogen) atoms. The Balaban J connectivity index is 1.53. The summed E-state index contributed by atoms with van der Waals surface area (Å²) in [4.78, 5) is 12.3. The molecule has 0 radical (unpaired) electrons. The SMILES string of the molecule is C[C@H](NC(=O)C[NH2+][C@H](C)c1ccc(F)c(F)c1)c1ccc2c(c1)CCCC2. The molecular formula is C22H27F2N2O+. The van der Waals surface area contributed by atoms with Crippen molar-refractivity contribution >= 4 is 5.91 Å². The van der Waals surface area contributed by atoms with E-state index in [1.165, 1.54) is 30.0 Å². The first-order valence-electron chi connectivity index (χ1n) is 9.63. The predicted molar refractivity (Wildman–Crippen MR) is 101 cm³/mol. The molecule has 3 N–H and O–H groups in total. The summed E-state index contributed by atoms with van der Waals surface area (Å²) in [5, 5.41) is 4.85. The van der Waals surface area contributed by atoms with E-state index in [0.29, 0.717) is 5.56 Å². The Morgan fingerprint density at radius 3 is 2.44 bits per heavy atom. The van der Waals surface area contributed by atoms with Crippen molar-refractivity contribution in [3.63, 3.8) is 0 Å². The second-order valence-electron chi connectivity index (χ2n) is 7.43. The van der Waals surface area contributed by atoms with Gasteiger partial charge in [0, 0.05) is 5.56 Å². The summed E-state index contributed by atoms with van der Waals surface area (Å²) in [6, 6.07) is 10.2. The van der Waals surface area contributed by atoms with Gasteiger partial charge in [0.1, 0.15) is 6.04 Å². The first-order chi connectivity index (χ1) is 12.9. The Bertz CT molecular complexity index is 822. The van der Waals surface area contributed by atoms with Gasteiger partial charge in [0.25, 0.3) is 5.91 Å². The summed E-state index contributed by atoms with van der Waals surface area (Å²) in [6.07, 6.45) is 4.75. The maximum absolute atomic E-state index is 13.3. The van der Waals surface area contributed by atoms with Gasteiger partial charge in [-0.15, -0.1) is 0 Å². The van der Waals surface area contributed by atoms with Gasteiger partial charge in [0.2, 0.25) is 0 Å². The fourth-order valence-electron chi connectivity index (χ4n) is 3.62. The minimum atomic E-state index is -0.863. The van der Waals surface area contributed by atoms with Gasteiger partial charge in [0.15, 0.2) is 18.2 Å². The Kier molecular flexibility index (Phi) is 6.22. The standard InChI is InChI=1S/C22H26F2N2O/c1-14(18-9-10-20(23)21(24)12-18)25-13-22(27)26-15(2)17-8-7-16-5-3-4-6-19(16)11-17/h7-12,14-15,25H,3-6,13H2,1-2H3,(H,26,27)/p+1/t14-,15+/m1/s1. The Labute approximate surface area is 159 Å². The van der Waals surface area contributed by atoms with Crippen LogP contribution in [0.25, 0.3) is 0 Å². The van der Waals surface area contributed by atoms with E-state index in [2.05, 4.69) is 23.5 Å². The molecule has 0 saturated carbocycles. The van der Waals surface area contributed by atoms with Crippen LogP contribution in [0.3, 0.4) is 0 Å². The summed E-state index contributed by atoms with van der Waals surface area (Å²) in [5.41, 5.74) is 4.61. The predicted octanol–water partition coefficient (Wildman–Crippen LogP) is 3.35. The highest BCUT2D eigenvalue weighted by atomic mass is 19.2. The van der Waals surface area contributed by atoms with Gasteiger partial charge in [-0.2, -0.15) is 0 Å². The van der Waals surface area contributed by atoms with Crippen molar-refractivity contribution in [2.75, 3.05) is 6.54 Å². The highest BCUT2D eigenvalue weighted by Crippen LogP contribution is 2.24. The maximum atomic E-state index is 13.3. The number of amides is 1. The molecule has 3 rings (SSSR count). The summed E-state index contributed by atoms with van der Waals surface area (Å²) in [7, 11) is 0. The van der Waals surface area contributed by atoms with Crippen LogP contribution in [-0.4, -0.2) is 12.5 Å². The van der Waals surface area contributed by atoms with Crippen molar-refractivity contribution < 1.29 is 18.9 Å². The minimum Gasteiger partial charge on any atom is -0.345 e. The number of quaternary nitrogens is 1. The summed E-state index contributed by atoms with van der Waals surface area (Å²) in [5.74, 6) is -1.80. The maximum Gasteiger partial charge on any atom is 0.275 e. The number of halogens is 2. The van der Waals surface area contributed by atoms with Gasteiger partial charge < -0.3 is 10.6 Å². The molecule has 144 valence electrons. The second-order valence-corrected chi connectivity index (χ2v) is 7.43. The molecule has 3 nitrogen and oxygen atoms in total. The minimum absolute atomic E-state index is 0.0586. The van der Waals surface area contributed by atoms with E-state index in [0.717, 1.165) is 24.5 Å². The molecule has 1 amide bonds. The highest BCUT2D eigenvalue weighted by Gasteiger charge is 2.17. The van der Waals surface area contributed by atoms with Crippen LogP contribution in [0.15, 0.2) is 36.4 Å². The Morgan fingerprint density at radius 1 is 1.00 bits per heavy atom. The number of nitrogens with one attached hydrogen (secondary N) is 1. The van der Waals surface area contributed by atoms with E-state index in [4.69, 9.17) is 0 Å². The largest absolute Gasteiger partial charge is 0.345 e. The number of carbonyl (C=O) groups is 1. The monoisotopic (exact) mass is 373 g/mol. The van der Waals surface area contributed by atoms with E-state index in [9.17, 15) is 13.6 Å². The number of nitrogens with two attached hydrogens (primary N) is 1. The number of rotatable bonds is 6. The molecule has 5 heteroatoms. The van der Waals surface area contributed by atoms with E-state index in [1.54, 1.807) is 6.07 Å². The Hall–Kier alpha value is -2.27. The molecule has 0 fully saturated rings. The number of benzene rings is 2. The van der Waals surface area contributed by atoms with E-state index < -0.39 is 11.6 Å². The molecule has 0 spiro atoms. The van der Waals surface area contributed by atoms with Gasteiger partial charge in [-0.25, -0.2) is 8.78 Å². The second kappa shape index (κ2) is 8.61. The van der Waals surface area contributed by atoms with E-state index in [-0.39, 0.29) is 24.5 Å². The number of fused-ring (bicyclic) bond motifs is 1. The number of hydrogen-bond acceptors (Lipinski definition) is 1. The molecule has 1 aliphatic rings. The molecule has 0 heterocycles. The van der Waals surface area contributed by atoms with Gasteiger partial charge in [-0.3, -0.25) is 4.79 Å². The fourth-order valence-corrected chi connectivity index (χ4v) is 3.62. The lowest BCUT2D eigenvalue weighted by Gasteiger charge is -2.20. The average Bonchev–Trinajstić information content (AvgIpc) is 2.67. The third kappa shape index (κ3) is 4.92. The number of carbonyl (C=O) groups excluding carboxylic acids is 1. The lowest BCUT2D eigenvalue weighted by atomic mass is 9.89. The quantitative estimate of drug-likeness (QED) is 0.801. The molecule has 2 atom stereocenters. The van der Waals surface area contributed by atoms with Crippen molar-refractivity contribution in [1.82, 2.24) is 5.32 Å². The van der Waals surface area contributed by atoms with Crippen molar-refractivity contribution in [3.05, 3.63) is 70.3 Å². The first kappa shape index (κ1) is 19.5.